The summed E-state index contributed by atoms with van der Waals surface area (Å²) in [5.41, 5.74) is 0. The number of nitrogen functional groups attached to an aromatic ring is 1. The number of hydrogen-bond acceptors (Lipinski definition) is 3. The third kappa shape index (κ3) is 1.44. The highest BCUT2D eigenvalue weighted by molar-refractivity contribution is 5.66. The number of rotatable bonds is 2. The fraction of sp³-hybridized carbons (Fsp3) is 0.250. The van der Waals surface area contributed by atoms with Crippen LogP contribution in [0.2, 0.25) is 0 Å². The molecule has 0 saturated heterocycles. The van der Waals surface area contributed by atoms with Gasteiger partial charge in [-0.05, 0) is 0 Å². The lowest BCUT2D eigenvalue weighted by Crippen LogP contribution is -2.42. The quantitative estimate of drug-likeness (QED) is 0.369. The van der Waals surface area contributed by atoms with Crippen LogP contribution >= 0.6 is 0 Å². The molecule has 0 aliphatic rings. The lowest BCUT2D eigenvalue weighted by atomic mass is 10.7. The normalized spacial score (nSPS) is 9.60. The van der Waals surface area contributed by atoms with E-state index in [2.05, 4.69) is 5.10 Å². The molecule has 0 spiro atoms. The van der Waals surface area contributed by atoms with Gasteiger partial charge in [0, 0.05) is 5.10 Å². The van der Waals surface area contributed by atoms with Gasteiger partial charge in [0.05, 0.1) is 0 Å². The molecular formula is C4H7N4O2+. The molecule has 1 aromatic rings. The highest BCUT2D eigenvalue weighted by Crippen LogP contribution is 1.75. The second-order valence-electron chi connectivity index (χ2n) is 1.78. The monoisotopic (exact) mass is 143 g/mol. The van der Waals surface area contributed by atoms with Gasteiger partial charge in [-0.25, -0.2) is 4.79 Å². The number of aliphatic carboxylic acids is 1. The zero-order chi connectivity index (χ0) is 7.56. The van der Waals surface area contributed by atoms with E-state index in [-0.39, 0.29) is 6.54 Å². The van der Waals surface area contributed by atoms with Crippen LogP contribution < -0.4 is 10.5 Å². The summed E-state index contributed by atoms with van der Waals surface area (Å²) in [7, 11) is 0. The van der Waals surface area contributed by atoms with Crippen LogP contribution in [0.25, 0.3) is 0 Å². The Kier molecular flexibility index (Phi) is 1.53. The highest BCUT2D eigenvalue weighted by Gasteiger charge is 2.06. The summed E-state index contributed by atoms with van der Waals surface area (Å²) in [6.07, 6.45) is 2.71. The molecule has 1 aromatic heterocycles. The molecular weight excluding hydrogens is 136 g/mol. The molecule has 0 aromatic carbocycles. The lowest BCUT2D eigenvalue weighted by molar-refractivity contribution is -0.639. The van der Waals surface area contributed by atoms with Gasteiger partial charge in [-0.1, -0.05) is 0 Å². The minimum atomic E-state index is -0.941. The van der Waals surface area contributed by atoms with Crippen molar-refractivity contribution in [2.45, 2.75) is 6.54 Å². The van der Waals surface area contributed by atoms with Crippen molar-refractivity contribution in [1.29, 1.82) is 0 Å². The van der Waals surface area contributed by atoms with E-state index in [0.717, 1.165) is 0 Å². The minimum absolute atomic E-state index is 0.163. The fourth-order valence-electron chi connectivity index (χ4n) is 0.560. The molecule has 0 unspecified atom stereocenters. The third-order valence-electron chi connectivity index (χ3n) is 0.897. The summed E-state index contributed by atoms with van der Waals surface area (Å²) in [6, 6.07) is 0. The van der Waals surface area contributed by atoms with Crippen LogP contribution in [-0.2, 0) is 11.3 Å². The van der Waals surface area contributed by atoms with Gasteiger partial charge in [-0.2, -0.15) is 0 Å². The molecule has 1 rings (SSSR count). The van der Waals surface area contributed by atoms with Gasteiger partial charge in [-0.3, -0.25) is 5.84 Å². The number of carbonyl (C=O) groups is 1. The molecule has 1 heterocycles. The first-order valence-electron chi connectivity index (χ1n) is 2.59. The molecule has 0 radical (unpaired) electrons. The summed E-state index contributed by atoms with van der Waals surface area (Å²) in [5, 5.41) is 11.9. The Labute approximate surface area is 56.5 Å². The van der Waals surface area contributed by atoms with Crippen molar-refractivity contribution in [3.63, 3.8) is 0 Å². The fourth-order valence-corrected chi connectivity index (χ4v) is 0.560. The molecule has 0 saturated carbocycles. The molecule has 0 aliphatic carbocycles. The predicted octanol–water partition coefficient (Wildman–Crippen LogP) is -2.03. The van der Waals surface area contributed by atoms with E-state index in [0.29, 0.717) is 0 Å². The summed E-state index contributed by atoms with van der Waals surface area (Å²) in [5.74, 6) is 4.25. The maximum atomic E-state index is 10.1. The van der Waals surface area contributed by atoms with E-state index < -0.39 is 5.97 Å². The first-order valence-corrected chi connectivity index (χ1v) is 2.59. The molecule has 0 atom stereocenters. The van der Waals surface area contributed by atoms with Crippen molar-refractivity contribution in [1.82, 2.24) is 9.78 Å². The zero-order valence-corrected chi connectivity index (χ0v) is 5.14. The van der Waals surface area contributed by atoms with Crippen LogP contribution in [0, 0.1) is 0 Å². The van der Waals surface area contributed by atoms with E-state index in [1.165, 1.54) is 22.0 Å². The van der Waals surface area contributed by atoms with E-state index in [9.17, 15) is 4.79 Å². The number of carboxylic acid groups (broad SMARTS) is 1. The van der Waals surface area contributed by atoms with Crippen molar-refractivity contribution in [2.24, 2.45) is 0 Å². The van der Waals surface area contributed by atoms with E-state index in [1.807, 2.05) is 0 Å². The molecule has 0 bridgehead atoms. The van der Waals surface area contributed by atoms with Gasteiger partial charge < -0.3 is 5.11 Å². The largest absolute Gasteiger partial charge is 0.479 e. The van der Waals surface area contributed by atoms with Crippen molar-refractivity contribution < 1.29 is 14.6 Å². The van der Waals surface area contributed by atoms with Gasteiger partial charge in [0.25, 0.3) is 6.33 Å². The molecule has 54 valence electrons. The van der Waals surface area contributed by atoms with Crippen LogP contribution in [0.1, 0.15) is 0 Å². The van der Waals surface area contributed by atoms with Gasteiger partial charge in [-0.15, -0.1) is 9.36 Å². The summed E-state index contributed by atoms with van der Waals surface area (Å²) < 4.78 is 2.41. The van der Waals surface area contributed by atoms with Crippen LogP contribution in [0.4, 0.5) is 0 Å². The predicted molar refractivity (Wildman–Crippen MR) is 30.2 cm³/mol. The maximum Gasteiger partial charge on any atom is 0.341 e. The van der Waals surface area contributed by atoms with Crippen LogP contribution in [0.5, 0.6) is 0 Å². The Bertz CT molecular complexity index is 243. The van der Waals surface area contributed by atoms with Gasteiger partial charge >= 0.3 is 5.97 Å². The van der Waals surface area contributed by atoms with Crippen molar-refractivity contribution in [3.8, 4) is 0 Å². The topological polar surface area (TPSA) is 85.0 Å². The Balaban J connectivity index is 2.67. The smallest absolute Gasteiger partial charge is 0.341 e. The first kappa shape index (κ1) is 6.53. The third-order valence-corrected chi connectivity index (χ3v) is 0.897. The number of aromatic nitrogens is 3. The maximum absolute atomic E-state index is 10.1. The second kappa shape index (κ2) is 2.34. The first-order chi connectivity index (χ1) is 4.68. The molecule has 6 heteroatoms. The molecule has 0 fully saturated rings. The average molecular weight is 143 g/mol. The SMILES string of the molecule is N[n+]1cnn(CC(=O)O)c1. The average Bonchev–Trinajstić information content (AvgIpc) is 2.13. The van der Waals surface area contributed by atoms with Crippen LogP contribution in [-0.4, -0.2) is 20.9 Å². The number of carboxylic acids is 1. The van der Waals surface area contributed by atoms with Gasteiger partial charge in [0.15, 0.2) is 0 Å². The van der Waals surface area contributed by atoms with Gasteiger partial charge in [0.2, 0.25) is 12.9 Å². The van der Waals surface area contributed by atoms with Crippen molar-refractivity contribution in [2.75, 3.05) is 5.84 Å². The molecule has 0 amide bonds. The molecule has 3 N–H and O–H groups in total. The van der Waals surface area contributed by atoms with Crippen LogP contribution in [0.15, 0.2) is 12.7 Å². The summed E-state index contributed by atoms with van der Waals surface area (Å²) in [6.45, 7) is -0.163. The Morgan fingerprint density at radius 1 is 1.90 bits per heavy atom. The summed E-state index contributed by atoms with van der Waals surface area (Å²) in [4.78, 5) is 10.1. The minimum Gasteiger partial charge on any atom is -0.479 e. The molecule has 0 aliphatic heterocycles. The van der Waals surface area contributed by atoms with E-state index in [1.54, 1.807) is 0 Å². The molecule has 6 nitrogen and oxygen atoms in total. The second-order valence-corrected chi connectivity index (χ2v) is 1.78. The van der Waals surface area contributed by atoms with Crippen molar-refractivity contribution >= 4 is 5.97 Å². The summed E-state index contributed by atoms with van der Waals surface area (Å²) >= 11 is 0. The van der Waals surface area contributed by atoms with E-state index >= 15 is 0 Å². The van der Waals surface area contributed by atoms with Crippen molar-refractivity contribution in [3.05, 3.63) is 12.7 Å². The lowest BCUT2D eigenvalue weighted by Gasteiger charge is -1.82. The van der Waals surface area contributed by atoms with Gasteiger partial charge in [0.1, 0.15) is 0 Å². The number of hydrogen-bond donors (Lipinski definition) is 2. The Morgan fingerprint density at radius 2 is 2.60 bits per heavy atom. The molecule has 10 heavy (non-hydrogen) atoms. The number of nitrogens with two attached hydrogens (primary N) is 1. The standard InChI is InChI=1S/C4H6N4O2/c5-7-2-6-8(3-7)1-4(9)10/h2-3H,1,5H2/p+1. The highest BCUT2D eigenvalue weighted by atomic mass is 16.4. The Hall–Kier alpha value is -1.59. The number of nitrogens with zero attached hydrogens (tertiary/aromatic N) is 3. The zero-order valence-electron chi connectivity index (χ0n) is 5.14. The van der Waals surface area contributed by atoms with E-state index in [4.69, 9.17) is 10.9 Å². The van der Waals surface area contributed by atoms with Crippen LogP contribution in [0.3, 0.4) is 0 Å². The Morgan fingerprint density at radius 3 is 3.00 bits per heavy atom.